The zero-order valence-electron chi connectivity index (χ0n) is 22.7. The Balaban J connectivity index is 3.27. The molecule has 1 aliphatic rings. The Bertz CT molecular complexity index is 738. The lowest BCUT2D eigenvalue weighted by atomic mass is 9.96. The summed E-state index contributed by atoms with van der Waals surface area (Å²) >= 11 is 0. The summed E-state index contributed by atoms with van der Waals surface area (Å²) < 4.78 is 18.6. The highest BCUT2D eigenvalue weighted by molar-refractivity contribution is 6.74. The topological polar surface area (TPSA) is 44.8 Å². The first kappa shape index (κ1) is 29.1. The van der Waals surface area contributed by atoms with E-state index in [9.17, 15) is 4.79 Å². The van der Waals surface area contributed by atoms with E-state index in [1.165, 1.54) is 7.11 Å². The van der Waals surface area contributed by atoms with Gasteiger partial charge in [-0.2, -0.15) is 0 Å². The molecule has 1 fully saturated rings. The molecule has 1 aliphatic carbocycles. The van der Waals surface area contributed by atoms with Crippen LogP contribution in [-0.2, 0) is 18.4 Å². The maximum Gasteiger partial charge on any atom is 0.315 e. The zero-order valence-corrected chi connectivity index (χ0v) is 24.7. The van der Waals surface area contributed by atoms with Crippen LogP contribution in [0.5, 0.6) is 0 Å². The molecule has 0 aromatic heterocycles. The van der Waals surface area contributed by atoms with E-state index in [1.54, 1.807) is 0 Å². The van der Waals surface area contributed by atoms with Crippen molar-refractivity contribution in [3.8, 4) is 0 Å². The highest BCUT2D eigenvalue weighted by Gasteiger charge is 2.73. The minimum atomic E-state index is -2.14. The van der Waals surface area contributed by atoms with Crippen LogP contribution in [0.4, 0.5) is 0 Å². The van der Waals surface area contributed by atoms with Gasteiger partial charge in [0.1, 0.15) is 5.41 Å². The first-order chi connectivity index (χ1) is 14.4. The van der Waals surface area contributed by atoms with Crippen LogP contribution in [0.1, 0.15) is 61.3 Å². The number of allylic oxidation sites excluding steroid dienone is 4. The molecule has 0 amide bonds. The van der Waals surface area contributed by atoms with Crippen molar-refractivity contribution in [1.29, 1.82) is 0 Å². The molecule has 0 saturated heterocycles. The van der Waals surface area contributed by atoms with E-state index in [4.69, 9.17) is 13.6 Å². The second-order valence-corrected chi connectivity index (χ2v) is 21.7. The molecule has 184 valence electrons. The predicted molar refractivity (Wildman–Crippen MR) is 141 cm³/mol. The van der Waals surface area contributed by atoms with Crippen molar-refractivity contribution < 1.29 is 18.4 Å². The molecule has 0 aromatic rings. The van der Waals surface area contributed by atoms with Gasteiger partial charge < -0.3 is 13.6 Å². The van der Waals surface area contributed by atoms with Crippen LogP contribution in [0.3, 0.4) is 0 Å². The normalized spacial score (nSPS) is 25.2. The highest BCUT2D eigenvalue weighted by atomic mass is 28.4. The van der Waals surface area contributed by atoms with Gasteiger partial charge in [-0.15, -0.1) is 0 Å². The lowest BCUT2D eigenvalue weighted by Crippen LogP contribution is -2.47. The highest BCUT2D eigenvalue weighted by Crippen LogP contribution is 2.65. The van der Waals surface area contributed by atoms with Gasteiger partial charge in [-0.25, -0.2) is 0 Å². The van der Waals surface area contributed by atoms with Crippen molar-refractivity contribution in [3.63, 3.8) is 0 Å². The molecule has 32 heavy (non-hydrogen) atoms. The largest absolute Gasteiger partial charge is 0.468 e. The maximum absolute atomic E-state index is 13.0. The average Bonchev–Trinajstić information content (AvgIpc) is 3.27. The van der Waals surface area contributed by atoms with Crippen molar-refractivity contribution >= 4 is 22.6 Å². The Morgan fingerprint density at radius 2 is 1.50 bits per heavy atom. The summed E-state index contributed by atoms with van der Waals surface area (Å²) in [7, 11) is -2.51. The molecule has 0 spiro atoms. The van der Waals surface area contributed by atoms with Crippen LogP contribution < -0.4 is 0 Å². The van der Waals surface area contributed by atoms with E-state index in [0.717, 1.165) is 0 Å². The Morgan fingerprint density at radius 1 is 0.938 bits per heavy atom. The third-order valence-electron chi connectivity index (χ3n) is 7.71. The number of hydrogen-bond acceptors (Lipinski definition) is 4. The number of methoxy groups -OCH3 is 1. The summed E-state index contributed by atoms with van der Waals surface area (Å²) in [6, 6.07) is 0. The first-order valence-corrected chi connectivity index (χ1v) is 17.6. The number of esters is 1. The van der Waals surface area contributed by atoms with Crippen LogP contribution in [0.2, 0.25) is 36.3 Å². The van der Waals surface area contributed by atoms with Gasteiger partial charge in [-0.3, -0.25) is 4.79 Å². The van der Waals surface area contributed by atoms with Gasteiger partial charge in [0.2, 0.25) is 0 Å². The van der Waals surface area contributed by atoms with Crippen molar-refractivity contribution in [2.24, 2.45) is 5.41 Å². The van der Waals surface area contributed by atoms with E-state index in [0.29, 0.717) is 19.4 Å². The van der Waals surface area contributed by atoms with E-state index >= 15 is 0 Å². The third kappa shape index (κ3) is 6.34. The van der Waals surface area contributed by atoms with Crippen molar-refractivity contribution in [2.45, 2.75) is 103 Å². The van der Waals surface area contributed by atoms with Crippen LogP contribution in [0.25, 0.3) is 0 Å². The quantitative estimate of drug-likeness (QED) is 0.141. The molecule has 0 heterocycles. The van der Waals surface area contributed by atoms with Crippen molar-refractivity contribution in [3.05, 3.63) is 36.5 Å². The minimum absolute atomic E-state index is 0.0384. The van der Waals surface area contributed by atoms with E-state index in [-0.39, 0.29) is 16.0 Å². The maximum atomic E-state index is 13.0. The monoisotopic (exact) mass is 480 g/mol. The number of carbonyl (C=O) groups excluding carboxylic acids is 1. The summed E-state index contributed by atoms with van der Waals surface area (Å²) in [5.74, 6) is -0.198. The fourth-order valence-electron chi connectivity index (χ4n) is 3.34. The Morgan fingerprint density at radius 3 is 1.97 bits per heavy atom. The molecular weight excluding hydrogens is 432 g/mol. The van der Waals surface area contributed by atoms with E-state index in [1.807, 2.05) is 31.2 Å². The summed E-state index contributed by atoms with van der Waals surface area (Å²) in [4.78, 5) is 13.0. The van der Waals surface area contributed by atoms with Gasteiger partial charge in [0.15, 0.2) is 16.6 Å². The molecule has 2 atom stereocenters. The fraction of sp³-hybridized carbons (Fsp3) is 0.731. The number of rotatable bonds is 10. The second kappa shape index (κ2) is 10.1. The molecule has 0 unspecified atom stereocenters. The van der Waals surface area contributed by atoms with Gasteiger partial charge in [-0.1, -0.05) is 78.0 Å². The van der Waals surface area contributed by atoms with Crippen LogP contribution in [-0.4, -0.2) is 41.9 Å². The lowest BCUT2D eigenvalue weighted by molar-refractivity contribution is -0.149. The van der Waals surface area contributed by atoms with Crippen LogP contribution in [0, 0.1) is 5.41 Å². The number of ether oxygens (including phenoxy) is 1. The summed E-state index contributed by atoms with van der Waals surface area (Å²) in [6.45, 7) is 24.9. The molecule has 0 bridgehead atoms. The van der Waals surface area contributed by atoms with Gasteiger partial charge in [0, 0.05) is 0 Å². The van der Waals surface area contributed by atoms with E-state index in [2.05, 4.69) is 79.9 Å². The van der Waals surface area contributed by atoms with Gasteiger partial charge in [-0.05, 0) is 56.0 Å². The fourth-order valence-corrected chi connectivity index (χ4v) is 5.84. The van der Waals surface area contributed by atoms with Gasteiger partial charge >= 0.3 is 5.97 Å². The molecular formula is C26H48O4Si2. The standard InChI is InChI=1S/C26H48O4Si2/c1-13-14-15-16-18-25(22(27)28-8)21-26(25,30-32(11,12)24(5,6)7)19-17-20-29-31(9,10)23(2,3)4/h13-17,19H,18,20-21H2,1-12H3/b14-13+,16-15+,19-17+/t25-,26+/m1/s1. The van der Waals surface area contributed by atoms with Gasteiger partial charge in [0.05, 0.1) is 19.3 Å². The van der Waals surface area contributed by atoms with Crippen molar-refractivity contribution in [2.75, 3.05) is 13.7 Å². The number of hydrogen-bond donors (Lipinski definition) is 0. The lowest BCUT2D eigenvalue weighted by Gasteiger charge is -2.40. The Labute approximate surface area is 199 Å². The van der Waals surface area contributed by atoms with Crippen LogP contribution >= 0.6 is 0 Å². The smallest absolute Gasteiger partial charge is 0.315 e. The molecule has 0 N–H and O–H groups in total. The molecule has 0 aromatic carbocycles. The predicted octanol–water partition coefficient (Wildman–Crippen LogP) is 7.41. The summed E-state index contributed by atoms with van der Waals surface area (Å²) in [5, 5.41) is 0.194. The Hall–Kier alpha value is -0.956. The SMILES string of the molecule is C/C=C/C=C/C[C@]1(C(=O)OC)C[C@]1(/C=C/CO[Si](C)(C)C(C)(C)C)O[Si](C)(C)C(C)(C)C. The molecule has 4 nitrogen and oxygen atoms in total. The third-order valence-corrected chi connectivity index (χ3v) is 16.7. The molecule has 6 heteroatoms. The second-order valence-electron chi connectivity index (χ2n) is 12.1. The van der Waals surface area contributed by atoms with Crippen molar-refractivity contribution in [1.82, 2.24) is 0 Å². The summed E-state index contributed by atoms with van der Waals surface area (Å²) in [6.07, 6.45) is 13.4. The Kier molecular flexibility index (Phi) is 9.19. The molecule has 1 rings (SSSR count). The minimum Gasteiger partial charge on any atom is -0.468 e. The molecule has 0 aliphatic heterocycles. The first-order valence-electron chi connectivity index (χ1n) is 11.8. The summed E-state index contributed by atoms with van der Waals surface area (Å²) in [5.41, 5.74) is -1.34. The average molecular weight is 481 g/mol. The number of carbonyl (C=O) groups is 1. The molecule has 1 saturated carbocycles. The molecule has 0 radical (unpaired) electrons. The van der Waals surface area contributed by atoms with E-state index < -0.39 is 27.7 Å². The van der Waals surface area contributed by atoms with Gasteiger partial charge in [0.25, 0.3) is 0 Å². The zero-order chi connectivity index (χ0) is 25.1. The van der Waals surface area contributed by atoms with Crippen LogP contribution in [0.15, 0.2) is 36.5 Å².